The maximum atomic E-state index is 12.5. The van der Waals surface area contributed by atoms with E-state index in [0.717, 1.165) is 23.3 Å². The number of esters is 1. The first kappa shape index (κ1) is 22.4. The van der Waals surface area contributed by atoms with Gasteiger partial charge >= 0.3 is 12.0 Å². The normalized spacial score (nSPS) is 18.7. The van der Waals surface area contributed by atoms with Crippen molar-refractivity contribution in [1.29, 1.82) is 0 Å². The first-order valence-corrected chi connectivity index (χ1v) is 9.86. The van der Waals surface area contributed by atoms with Crippen LogP contribution in [0.5, 0.6) is 0 Å². The fourth-order valence-electron chi connectivity index (χ4n) is 3.06. The van der Waals surface area contributed by atoms with Crippen molar-refractivity contribution in [3.05, 3.63) is 29.8 Å². The van der Waals surface area contributed by atoms with Crippen LogP contribution in [-0.2, 0) is 19.1 Å². The van der Waals surface area contributed by atoms with Gasteiger partial charge in [-0.15, -0.1) is 0 Å². The van der Waals surface area contributed by atoms with Crippen molar-refractivity contribution >= 4 is 29.5 Å². The van der Waals surface area contributed by atoms with Crippen molar-refractivity contribution in [2.75, 3.05) is 18.5 Å². The number of urea groups is 1. The fourth-order valence-corrected chi connectivity index (χ4v) is 3.06. The van der Waals surface area contributed by atoms with Gasteiger partial charge in [-0.05, 0) is 37.0 Å². The summed E-state index contributed by atoms with van der Waals surface area (Å²) in [6, 6.07) is 6.76. The molecule has 0 aromatic heterocycles. The molecule has 1 aliphatic rings. The van der Waals surface area contributed by atoms with Gasteiger partial charge in [-0.25, -0.2) is 4.79 Å². The molecule has 29 heavy (non-hydrogen) atoms. The van der Waals surface area contributed by atoms with E-state index in [2.05, 4.69) is 24.5 Å². The second-order valence-electron chi connectivity index (χ2n) is 7.74. The molecule has 1 saturated heterocycles. The van der Waals surface area contributed by atoms with Crippen molar-refractivity contribution in [2.24, 2.45) is 0 Å². The van der Waals surface area contributed by atoms with Gasteiger partial charge in [0.1, 0.15) is 12.1 Å². The number of hydrogen-bond acceptors (Lipinski definition) is 5. The van der Waals surface area contributed by atoms with Crippen LogP contribution in [0.15, 0.2) is 24.3 Å². The van der Waals surface area contributed by atoms with Crippen LogP contribution in [-0.4, -0.2) is 47.4 Å². The lowest BCUT2D eigenvalue weighted by Crippen LogP contribution is -2.44. The maximum absolute atomic E-state index is 12.5. The summed E-state index contributed by atoms with van der Waals surface area (Å²) in [6.07, 6.45) is 2.16. The van der Waals surface area contributed by atoms with Gasteiger partial charge in [0.05, 0.1) is 0 Å². The Bertz CT molecular complexity index is 775. The molecule has 0 aliphatic carbocycles. The summed E-state index contributed by atoms with van der Waals surface area (Å²) in [7, 11) is 0. The largest absolute Gasteiger partial charge is 0.454 e. The molecule has 1 aliphatic heterocycles. The Morgan fingerprint density at radius 1 is 1.21 bits per heavy atom. The van der Waals surface area contributed by atoms with Crippen LogP contribution < -0.4 is 10.6 Å². The summed E-state index contributed by atoms with van der Waals surface area (Å²) in [4.78, 5) is 49.4. The fraction of sp³-hybridized carbons (Fsp3) is 0.524. The highest BCUT2D eigenvalue weighted by molar-refractivity contribution is 6.08. The van der Waals surface area contributed by atoms with Gasteiger partial charge in [-0.2, -0.15) is 0 Å². The summed E-state index contributed by atoms with van der Waals surface area (Å²) < 4.78 is 4.92. The molecular formula is C21H29N3O5. The highest BCUT2D eigenvalue weighted by Crippen LogP contribution is 2.23. The number of carbonyl (C=O) groups excluding carboxylic acids is 4. The van der Waals surface area contributed by atoms with E-state index in [1.165, 1.54) is 0 Å². The van der Waals surface area contributed by atoms with Crippen molar-refractivity contribution in [3.8, 4) is 0 Å². The van der Waals surface area contributed by atoms with Gasteiger partial charge in [-0.3, -0.25) is 19.3 Å². The summed E-state index contributed by atoms with van der Waals surface area (Å²) >= 11 is 0. The Kier molecular flexibility index (Phi) is 7.36. The van der Waals surface area contributed by atoms with Crippen LogP contribution in [0.25, 0.3) is 0 Å². The zero-order valence-electron chi connectivity index (χ0n) is 17.4. The number of anilines is 1. The first-order valence-electron chi connectivity index (χ1n) is 9.86. The molecule has 0 spiro atoms. The molecule has 8 heteroatoms. The molecule has 1 atom stereocenters. The topological polar surface area (TPSA) is 105 Å². The van der Waals surface area contributed by atoms with E-state index in [-0.39, 0.29) is 0 Å². The van der Waals surface area contributed by atoms with Gasteiger partial charge in [0.2, 0.25) is 0 Å². The number of benzene rings is 1. The molecule has 0 radical (unpaired) electrons. The second-order valence-corrected chi connectivity index (χ2v) is 7.74. The van der Waals surface area contributed by atoms with Crippen LogP contribution in [0, 0.1) is 0 Å². The van der Waals surface area contributed by atoms with E-state index in [0.29, 0.717) is 18.0 Å². The van der Waals surface area contributed by atoms with Gasteiger partial charge in [-0.1, -0.05) is 45.7 Å². The maximum Gasteiger partial charge on any atom is 0.326 e. The lowest BCUT2D eigenvalue weighted by molar-refractivity contribution is -0.150. The molecule has 4 amide bonds. The Hall–Kier alpha value is -2.90. The molecule has 0 unspecified atom stereocenters. The second kappa shape index (κ2) is 9.54. The van der Waals surface area contributed by atoms with Crippen LogP contribution in [0.3, 0.4) is 0 Å². The van der Waals surface area contributed by atoms with Gasteiger partial charge in [0.15, 0.2) is 6.61 Å². The van der Waals surface area contributed by atoms with E-state index in [4.69, 9.17) is 4.74 Å². The third-order valence-electron chi connectivity index (χ3n) is 4.89. The highest BCUT2D eigenvalue weighted by Gasteiger charge is 2.47. The number of nitrogens with zero attached hydrogens (tertiary/aromatic N) is 1. The zero-order chi connectivity index (χ0) is 21.6. The SMILES string of the molecule is CCCC[C@]1(C)NC(=O)N(CC(=O)OCC(=O)Nc2ccc(C(C)C)cc2)C1=O. The number of nitrogens with one attached hydrogen (secondary N) is 2. The van der Waals surface area contributed by atoms with E-state index in [1.54, 1.807) is 19.1 Å². The van der Waals surface area contributed by atoms with Crippen molar-refractivity contribution < 1.29 is 23.9 Å². The van der Waals surface area contributed by atoms with Crippen LogP contribution >= 0.6 is 0 Å². The summed E-state index contributed by atoms with van der Waals surface area (Å²) in [5, 5.41) is 5.27. The third kappa shape index (κ3) is 5.79. The van der Waals surface area contributed by atoms with E-state index in [1.807, 2.05) is 19.1 Å². The van der Waals surface area contributed by atoms with Gasteiger partial charge in [0.25, 0.3) is 11.8 Å². The predicted octanol–water partition coefficient (Wildman–Crippen LogP) is 2.79. The van der Waals surface area contributed by atoms with E-state index >= 15 is 0 Å². The van der Waals surface area contributed by atoms with Crippen LogP contribution in [0.4, 0.5) is 10.5 Å². The average Bonchev–Trinajstić information content (AvgIpc) is 2.88. The van der Waals surface area contributed by atoms with Gasteiger partial charge in [0, 0.05) is 5.69 Å². The van der Waals surface area contributed by atoms with E-state index in [9.17, 15) is 19.2 Å². The van der Waals surface area contributed by atoms with Crippen LogP contribution in [0.1, 0.15) is 58.4 Å². The summed E-state index contributed by atoms with van der Waals surface area (Å²) in [5.41, 5.74) is 0.734. The Balaban J connectivity index is 1.82. The Labute approximate surface area is 171 Å². The lowest BCUT2D eigenvalue weighted by Gasteiger charge is -2.21. The molecule has 1 aromatic rings. The molecule has 158 valence electrons. The highest BCUT2D eigenvalue weighted by atomic mass is 16.5. The number of ether oxygens (including phenoxy) is 1. The summed E-state index contributed by atoms with van der Waals surface area (Å²) in [5.74, 6) is -1.39. The van der Waals surface area contributed by atoms with Gasteiger partial charge < -0.3 is 15.4 Å². The molecule has 1 fully saturated rings. The molecule has 2 rings (SSSR count). The molecule has 0 bridgehead atoms. The minimum absolute atomic E-state index is 0.384. The van der Waals surface area contributed by atoms with E-state index < -0.39 is 42.5 Å². The molecular weight excluding hydrogens is 374 g/mol. The molecule has 1 aromatic carbocycles. The Morgan fingerprint density at radius 2 is 1.86 bits per heavy atom. The minimum Gasteiger partial charge on any atom is -0.454 e. The molecule has 0 saturated carbocycles. The number of hydrogen-bond donors (Lipinski definition) is 2. The standard InChI is InChI=1S/C21H29N3O5/c1-5-6-11-21(4)19(27)24(20(28)23-21)12-18(26)29-13-17(25)22-16-9-7-15(8-10-16)14(2)3/h7-10,14H,5-6,11-13H2,1-4H3,(H,22,25)(H,23,28)/t21-/m0/s1. The quantitative estimate of drug-likeness (QED) is 0.487. The number of unbranched alkanes of at least 4 members (excludes halogenated alkanes) is 1. The third-order valence-corrected chi connectivity index (χ3v) is 4.89. The monoisotopic (exact) mass is 403 g/mol. The lowest BCUT2D eigenvalue weighted by atomic mass is 9.95. The first-order chi connectivity index (χ1) is 13.7. The number of imide groups is 1. The molecule has 1 heterocycles. The van der Waals surface area contributed by atoms with Crippen molar-refractivity contribution in [3.63, 3.8) is 0 Å². The minimum atomic E-state index is -1.01. The smallest absolute Gasteiger partial charge is 0.326 e. The van der Waals surface area contributed by atoms with Crippen LogP contribution in [0.2, 0.25) is 0 Å². The predicted molar refractivity (Wildman–Crippen MR) is 108 cm³/mol. The summed E-state index contributed by atoms with van der Waals surface area (Å²) in [6.45, 7) is 6.76. The Morgan fingerprint density at radius 3 is 2.45 bits per heavy atom. The molecule has 8 nitrogen and oxygen atoms in total. The molecule has 2 N–H and O–H groups in total. The van der Waals surface area contributed by atoms with Crippen molar-refractivity contribution in [2.45, 2.75) is 58.4 Å². The number of carbonyl (C=O) groups is 4. The average molecular weight is 403 g/mol. The zero-order valence-corrected chi connectivity index (χ0v) is 17.4. The number of amides is 4. The van der Waals surface area contributed by atoms with Crippen molar-refractivity contribution in [1.82, 2.24) is 10.2 Å². The number of rotatable bonds is 9.